The number of halogens is 2. The van der Waals surface area contributed by atoms with Gasteiger partial charge in [-0.2, -0.15) is 0 Å². The van der Waals surface area contributed by atoms with E-state index in [-0.39, 0.29) is 6.61 Å². The molecule has 1 fully saturated rings. The molecule has 1 unspecified atom stereocenters. The number of aliphatic hydroxyl groups is 3. The van der Waals surface area contributed by atoms with Gasteiger partial charge in [-0.3, -0.25) is 0 Å². The van der Waals surface area contributed by atoms with Crippen molar-refractivity contribution in [1.82, 2.24) is 9.55 Å². The summed E-state index contributed by atoms with van der Waals surface area (Å²) in [6.45, 7) is -0.381. The van der Waals surface area contributed by atoms with E-state index in [0.717, 1.165) is 0 Å². The fourth-order valence-corrected chi connectivity index (χ4v) is 2.65. The first kappa shape index (κ1) is 14.1. The summed E-state index contributed by atoms with van der Waals surface area (Å²) in [5.74, 6) is 0. The second-order valence-corrected chi connectivity index (χ2v) is 5.45. The molecule has 0 amide bonds. The topological polar surface area (TPSA) is 87.7 Å². The lowest BCUT2D eigenvalue weighted by atomic mass is 10.1. The van der Waals surface area contributed by atoms with Gasteiger partial charge in [0.15, 0.2) is 6.23 Å². The van der Waals surface area contributed by atoms with Gasteiger partial charge in [0.05, 0.1) is 34.0 Å². The molecular formula is C12H12Cl2N2O4. The van der Waals surface area contributed by atoms with E-state index >= 15 is 0 Å². The molecule has 20 heavy (non-hydrogen) atoms. The molecule has 4 atom stereocenters. The molecule has 0 spiro atoms. The molecule has 2 heterocycles. The van der Waals surface area contributed by atoms with Gasteiger partial charge in [-0.1, -0.05) is 23.2 Å². The number of imidazole rings is 1. The molecule has 3 rings (SSSR count). The third-order valence-corrected chi connectivity index (χ3v) is 4.13. The number of rotatable bonds is 2. The van der Waals surface area contributed by atoms with Gasteiger partial charge in [-0.25, -0.2) is 4.98 Å². The predicted octanol–water partition coefficient (Wildman–Crippen LogP) is 0.955. The first-order valence-corrected chi connectivity index (χ1v) is 6.72. The van der Waals surface area contributed by atoms with Crippen LogP contribution in [0.1, 0.15) is 6.23 Å². The maximum absolute atomic E-state index is 10.0. The Morgan fingerprint density at radius 2 is 1.90 bits per heavy atom. The Hall–Kier alpha value is -0.890. The molecule has 8 heteroatoms. The summed E-state index contributed by atoms with van der Waals surface area (Å²) in [4.78, 5) is 4.16. The summed E-state index contributed by atoms with van der Waals surface area (Å²) in [7, 11) is 0. The van der Waals surface area contributed by atoms with Crippen LogP contribution < -0.4 is 0 Å². The SMILES string of the molecule is OC[C@@H]1O[C@H](n2cnc3cc(Cl)c(Cl)cc32)C(O)[C@@H]1O. The minimum Gasteiger partial charge on any atom is -0.394 e. The lowest BCUT2D eigenvalue weighted by Crippen LogP contribution is -2.33. The van der Waals surface area contributed by atoms with Crippen LogP contribution in [-0.4, -0.2) is 49.8 Å². The Labute approximate surface area is 124 Å². The van der Waals surface area contributed by atoms with Gasteiger partial charge in [0.25, 0.3) is 0 Å². The van der Waals surface area contributed by atoms with Gasteiger partial charge >= 0.3 is 0 Å². The van der Waals surface area contributed by atoms with Crippen molar-refractivity contribution in [3.63, 3.8) is 0 Å². The van der Waals surface area contributed by atoms with E-state index in [1.165, 1.54) is 6.33 Å². The fraction of sp³-hybridized carbons (Fsp3) is 0.417. The van der Waals surface area contributed by atoms with E-state index in [4.69, 9.17) is 33.0 Å². The predicted molar refractivity (Wildman–Crippen MR) is 72.8 cm³/mol. The zero-order valence-corrected chi connectivity index (χ0v) is 11.7. The highest BCUT2D eigenvalue weighted by Crippen LogP contribution is 2.34. The van der Waals surface area contributed by atoms with E-state index in [0.29, 0.717) is 21.1 Å². The summed E-state index contributed by atoms with van der Waals surface area (Å²) in [6.07, 6.45) is -2.54. The van der Waals surface area contributed by atoms with E-state index in [1.54, 1.807) is 16.7 Å². The van der Waals surface area contributed by atoms with E-state index in [2.05, 4.69) is 4.98 Å². The molecule has 1 aromatic heterocycles. The second kappa shape index (κ2) is 5.14. The molecule has 1 aromatic carbocycles. The van der Waals surface area contributed by atoms with Gasteiger partial charge in [0, 0.05) is 0 Å². The van der Waals surface area contributed by atoms with E-state index in [9.17, 15) is 10.2 Å². The average molecular weight is 319 g/mol. The highest BCUT2D eigenvalue weighted by atomic mass is 35.5. The van der Waals surface area contributed by atoms with Crippen molar-refractivity contribution in [3.05, 3.63) is 28.5 Å². The molecule has 1 aliphatic heterocycles. The van der Waals surface area contributed by atoms with Crippen LogP contribution in [0.15, 0.2) is 18.5 Å². The third kappa shape index (κ3) is 2.09. The Balaban J connectivity index is 2.05. The number of benzene rings is 1. The van der Waals surface area contributed by atoms with Crippen molar-refractivity contribution in [2.24, 2.45) is 0 Å². The maximum atomic E-state index is 10.0. The quantitative estimate of drug-likeness (QED) is 0.767. The first-order chi connectivity index (χ1) is 9.52. The molecule has 1 saturated heterocycles. The van der Waals surface area contributed by atoms with Gasteiger partial charge in [0.1, 0.15) is 18.3 Å². The number of hydrogen-bond donors (Lipinski definition) is 3. The minimum absolute atomic E-state index is 0.354. The van der Waals surface area contributed by atoms with E-state index < -0.39 is 24.5 Å². The fourth-order valence-electron chi connectivity index (χ4n) is 2.34. The molecule has 0 saturated carbocycles. The van der Waals surface area contributed by atoms with Crippen LogP contribution in [-0.2, 0) is 4.74 Å². The maximum Gasteiger partial charge on any atom is 0.164 e. The molecule has 0 radical (unpaired) electrons. The monoisotopic (exact) mass is 318 g/mol. The molecular weight excluding hydrogens is 307 g/mol. The summed E-state index contributed by atoms with van der Waals surface area (Å²) in [6, 6.07) is 3.22. The standard InChI is InChI=1S/C12H12Cl2N2O4/c13-5-1-7-8(2-6(5)14)16(4-15-7)12-11(19)10(18)9(3-17)20-12/h1-2,4,9-12,17-19H,3H2/t9-,10+,11?,12-/m0/s1. The second-order valence-electron chi connectivity index (χ2n) is 4.64. The lowest BCUT2D eigenvalue weighted by Gasteiger charge is -2.17. The molecule has 108 valence electrons. The summed E-state index contributed by atoms with van der Waals surface area (Å²) >= 11 is 11.9. The van der Waals surface area contributed by atoms with Crippen LogP contribution in [0.5, 0.6) is 0 Å². The minimum atomic E-state index is -1.17. The Bertz CT molecular complexity index is 648. The van der Waals surface area contributed by atoms with Crippen LogP contribution in [0.3, 0.4) is 0 Å². The molecule has 0 aliphatic carbocycles. The highest BCUT2D eigenvalue weighted by molar-refractivity contribution is 6.42. The number of ether oxygens (including phenoxy) is 1. The lowest BCUT2D eigenvalue weighted by molar-refractivity contribution is -0.0508. The van der Waals surface area contributed by atoms with Crippen molar-refractivity contribution >= 4 is 34.2 Å². The molecule has 2 aromatic rings. The third-order valence-electron chi connectivity index (χ3n) is 3.41. The van der Waals surface area contributed by atoms with Crippen molar-refractivity contribution in [1.29, 1.82) is 0 Å². The van der Waals surface area contributed by atoms with Crippen molar-refractivity contribution in [2.45, 2.75) is 24.5 Å². The van der Waals surface area contributed by atoms with Gasteiger partial charge in [-0.05, 0) is 12.1 Å². The number of nitrogens with zero attached hydrogens (tertiary/aromatic N) is 2. The normalized spacial score (nSPS) is 30.2. The number of hydrogen-bond acceptors (Lipinski definition) is 5. The average Bonchev–Trinajstić information content (AvgIpc) is 2.94. The number of fused-ring (bicyclic) bond motifs is 1. The Morgan fingerprint density at radius 1 is 1.20 bits per heavy atom. The van der Waals surface area contributed by atoms with Crippen LogP contribution in [0.2, 0.25) is 10.0 Å². The van der Waals surface area contributed by atoms with Gasteiger partial charge in [-0.15, -0.1) is 0 Å². The molecule has 0 bridgehead atoms. The highest BCUT2D eigenvalue weighted by Gasteiger charge is 2.43. The van der Waals surface area contributed by atoms with Crippen LogP contribution >= 0.6 is 23.2 Å². The Kier molecular flexibility index (Phi) is 3.62. The molecule has 1 aliphatic rings. The summed E-state index contributed by atoms with van der Waals surface area (Å²) in [5.41, 5.74) is 1.21. The largest absolute Gasteiger partial charge is 0.394 e. The Morgan fingerprint density at radius 3 is 2.55 bits per heavy atom. The summed E-state index contributed by atoms with van der Waals surface area (Å²) < 4.78 is 7.01. The van der Waals surface area contributed by atoms with Crippen molar-refractivity contribution < 1.29 is 20.1 Å². The molecule has 3 N–H and O–H groups in total. The van der Waals surface area contributed by atoms with Crippen LogP contribution in [0.25, 0.3) is 11.0 Å². The van der Waals surface area contributed by atoms with Crippen molar-refractivity contribution in [2.75, 3.05) is 6.61 Å². The first-order valence-electron chi connectivity index (χ1n) is 5.97. The zero-order chi connectivity index (χ0) is 14.4. The van der Waals surface area contributed by atoms with Crippen molar-refractivity contribution in [3.8, 4) is 0 Å². The number of aliphatic hydroxyl groups excluding tert-OH is 3. The van der Waals surface area contributed by atoms with Gasteiger partial charge in [0.2, 0.25) is 0 Å². The van der Waals surface area contributed by atoms with E-state index in [1.807, 2.05) is 0 Å². The smallest absolute Gasteiger partial charge is 0.164 e. The van der Waals surface area contributed by atoms with Crippen LogP contribution in [0, 0.1) is 0 Å². The number of aromatic nitrogens is 2. The zero-order valence-electron chi connectivity index (χ0n) is 10.1. The molecule has 6 nitrogen and oxygen atoms in total. The van der Waals surface area contributed by atoms with Gasteiger partial charge < -0.3 is 24.6 Å². The summed E-state index contributed by atoms with van der Waals surface area (Å²) in [5, 5.41) is 29.6. The van der Waals surface area contributed by atoms with Crippen LogP contribution in [0.4, 0.5) is 0 Å².